The highest BCUT2D eigenvalue weighted by Crippen LogP contribution is 2.27. The Labute approximate surface area is 127 Å². The lowest BCUT2D eigenvalue weighted by molar-refractivity contribution is 0.172. The first-order valence-corrected chi connectivity index (χ1v) is 7.30. The first-order chi connectivity index (χ1) is 8.97. The zero-order valence-electron chi connectivity index (χ0n) is 10.2. The maximum absolute atomic E-state index is 13.0. The van der Waals surface area contributed by atoms with Crippen molar-refractivity contribution in [2.45, 2.75) is 19.4 Å². The maximum Gasteiger partial charge on any atom is 0.123 e. The Balaban J connectivity index is 2.23. The lowest BCUT2D eigenvalue weighted by atomic mass is 10.0. The topological polar surface area (TPSA) is 33.1 Å². The molecular weight excluding hydrogens is 377 g/mol. The number of aryl methyl sites for hydroxylation is 1. The van der Waals surface area contributed by atoms with Crippen LogP contribution >= 0.6 is 31.9 Å². The summed E-state index contributed by atoms with van der Waals surface area (Å²) in [5, 5.41) is 10.2. The number of aliphatic hydroxyl groups excluding tert-OH is 1. The molecule has 1 aromatic heterocycles. The molecule has 1 atom stereocenters. The van der Waals surface area contributed by atoms with Crippen molar-refractivity contribution in [3.63, 3.8) is 0 Å². The third-order valence-electron chi connectivity index (χ3n) is 2.87. The van der Waals surface area contributed by atoms with Crippen molar-refractivity contribution < 1.29 is 9.50 Å². The molecule has 0 bridgehead atoms. The fraction of sp³-hybridized carbons (Fsp3) is 0.214. The highest BCUT2D eigenvalue weighted by Gasteiger charge is 2.15. The molecule has 1 unspecified atom stereocenters. The van der Waals surface area contributed by atoms with Crippen molar-refractivity contribution in [1.29, 1.82) is 0 Å². The summed E-state index contributed by atoms with van der Waals surface area (Å²) in [6.07, 6.45) is 1.31. The molecule has 0 aliphatic carbocycles. The molecule has 1 N–H and O–H groups in total. The number of hydrogen-bond acceptors (Lipinski definition) is 2. The van der Waals surface area contributed by atoms with Gasteiger partial charge in [0.2, 0.25) is 0 Å². The van der Waals surface area contributed by atoms with Crippen LogP contribution in [0.25, 0.3) is 0 Å². The van der Waals surface area contributed by atoms with Gasteiger partial charge in [-0.1, -0.05) is 6.07 Å². The molecule has 2 nitrogen and oxygen atoms in total. The second-order valence-electron chi connectivity index (χ2n) is 4.31. The molecule has 1 heterocycles. The smallest absolute Gasteiger partial charge is 0.123 e. The number of rotatable bonds is 3. The molecule has 0 aliphatic heterocycles. The van der Waals surface area contributed by atoms with Gasteiger partial charge in [-0.2, -0.15) is 0 Å². The minimum atomic E-state index is -0.730. The van der Waals surface area contributed by atoms with E-state index in [2.05, 4.69) is 36.8 Å². The monoisotopic (exact) mass is 387 g/mol. The third-order valence-corrected chi connectivity index (χ3v) is 3.94. The van der Waals surface area contributed by atoms with Crippen LogP contribution in [0.3, 0.4) is 0 Å². The van der Waals surface area contributed by atoms with Gasteiger partial charge < -0.3 is 5.11 Å². The van der Waals surface area contributed by atoms with Crippen molar-refractivity contribution in [1.82, 2.24) is 4.98 Å². The Morgan fingerprint density at radius 3 is 2.68 bits per heavy atom. The fourth-order valence-corrected chi connectivity index (χ4v) is 3.12. The zero-order chi connectivity index (χ0) is 14.0. The molecule has 2 rings (SSSR count). The van der Waals surface area contributed by atoms with Crippen LogP contribution in [0.1, 0.15) is 22.9 Å². The lowest BCUT2D eigenvalue weighted by Crippen LogP contribution is -2.06. The Morgan fingerprint density at radius 1 is 1.32 bits per heavy atom. The average Bonchev–Trinajstić information content (AvgIpc) is 2.32. The van der Waals surface area contributed by atoms with Crippen LogP contribution in [-0.2, 0) is 6.42 Å². The van der Waals surface area contributed by atoms with E-state index in [-0.39, 0.29) is 5.82 Å². The highest BCUT2D eigenvalue weighted by atomic mass is 79.9. The van der Waals surface area contributed by atoms with Crippen molar-refractivity contribution >= 4 is 31.9 Å². The third kappa shape index (κ3) is 3.61. The van der Waals surface area contributed by atoms with Crippen LogP contribution in [-0.4, -0.2) is 10.1 Å². The van der Waals surface area contributed by atoms with Gasteiger partial charge in [-0.05, 0) is 68.1 Å². The maximum atomic E-state index is 13.0. The first-order valence-electron chi connectivity index (χ1n) is 5.71. The summed E-state index contributed by atoms with van der Waals surface area (Å²) in [6.45, 7) is 1.83. The second-order valence-corrected chi connectivity index (χ2v) is 6.08. The van der Waals surface area contributed by atoms with E-state index in [0.29, 0.717) is 12.1 Å². The van der Waals surface area contributed by atoms with Crippen LogP contribution in [0.2, 0.25) is 0 Å². The van der Waals surface area contributed by atoms with E-state index < -0.39 is 6.10 Å². The summed E-state index contributed by atoms with van der Waals surface area (Å²) in [6, 6.07) is 6.40. The normalized spacial score (nSPS) is 12.5. The minimum absolute atomic E-state index is 0.265. The Hall–Kier alpha value is -0.780. The van der Waals surface area contributed by atoms with Gasteiger partial charge in [0.05, 0.1) is 5.69 Å². The number of aliphatic hydroxyl groups is 1. The van der Waals surface area contributed by atoms with E-state index >= 15 is 0 Å². The number of aromatic nitrogens is 1. The van der Waals surface area contributed by atoms with Gasteiger partial charge in [0.1, 0.15) is 11.9 Å². The van der Waals surface area contributed by atoms with E-state index in [1.54, 1.807) is 12.3 Å². The molecular formula is C14H12Br2FNO. The Morgan fingerprint density at radius 2 is 2.05 bits per heavy atom. The van der Waals surface area contributed by atoms with Crippen molar-refractivity contribution in [3.05, 3.63) is 62.0 Å². The number of pyridine rings is 1. The molecule has 100 valence electrons. The van der Waals surface area contributed by atoms with E-state index in [0.717, 1.165) is 20.1 Å². The SMILES string of the molecule is Cc1cc(F)ccc1CC(O)c1ncc(Br)cc1Br. The number of halogens is 3. The summed E-state index contributed by atoms with van der Waals surface area (Å²) >= 11 is 6.69. The quantitative estimate of drug-likeness (QED) is 0.848. The van der Waals surface area contributed by atoms with Gasteiger partial charge in [0.25, 0.3) is 0 Å². The predicted octanol–water partition coefficient (Wildman–Crippen LogP) is 4.33. The molecule has 0 saturated heterocycles. The molecule has 0 amide bonds. The second kappa shape index (κ2) is 6.11. The number of hydrogen-bond donors (Lipinski definition) is 1. The van der Waals surface area contributed by atoms with Gasteiger partial charge >= 0.3 is 0 Å². The molecule has 1 aromatic carbocycles. The van der Waals surface area contributed by atoms with Crippen LogP contribution in [0.5, 0.6) is 0 Å². The van der Waals surface area contributed by atoms with E-state index in [4.69, 9.17) is 0 Å². The number of nitrogens with zero attached hydrogens (tertiary/aromatic N) is 1. The summed E-state index contributed by atoms with van der Waals surface area (Å²) in [5.41, 5.74) is 2.31. The molecule has 0 spiro atoms. The van der Waals surface area contributed by atoms with Crippen LogP contribution in [0, 0.1) is 12.7 Å². The van der Waals surface area contributed by atoms with Crippen molar-refractivity contribution in [2.24, 2.45) is 0 Å². The molecule has 0 saturated carbocycles. The Bertz CT molecular complexity index is 604. The predicted molar refractivity (Wildman–Crippen MR) is 79.4 cm³/mol. The summed E-state index contributed by atoms with van der Waals surface area (Å²) in [5.74, 6) is -0.265. The van der Waals surface area contributed by atoms with E-state index in [1.165, 1.54) is 12.1 Å². The first kappa shape index (κ1) is 14.6. The van der Waals surface area contributed by atoms with Gasteiger partial charge in [0.15, 0.2) is 0 Å². The van der Waals surface area contributed by atoms with Gasteiger partial charge in [-0.25, -0.2) is 4.39 Å². The van der Waals surface area contributed by atoms with E-state index in [1.807, 2.05) is 13.0 Å². The highest BCUT2D eigenvalue weighted by molar-refractivity contribution is 9.11. The summed E-state index contributed by atoms with van der Waals surface area (Å²) in [7, 11) is 0. The van der Waals surface area contributed by atoms with Crippen LogP contribution < -0.4 is 0 Å². The standard InChI is InChI=1S/C14H12Br2FNO/c1-8-4-11(17)3-2-9(8)5-13(19)14-12(16)6-10(15)7-18-14/h2-4,6-7,13,19H,5H2,1H3. The van der Waals surface area contributed by atoms with Crippen molar-refractivity contribution in [3.8, 4) is 0 Å². The number of benzene rings is 1. The zero-order valence-corrected chi connectivity index (χ0v) is 13.4. The van der Waals surface area contributed by atoms with Crippen LogP contribution in [0.4, 0.5) is 4.39 Å². The molecule has 19 heavy (non-hydrogen) atoms. The molecule has 0 radical (unpaired) electrons. The van der Waals surface area contributed by atoms with Gasteiger partial charge in [-0.15, -0.1) is 0 Å². The van der Waals surface area contributed by atoms with Crippen molar-refractivity contribution in [2.75, 3.05) is 0 Å². The molecule has 0 fully saturated rings. The molecule has 5 heteroatoms. The average molecular weight is 389 g/mol. The summed E-state index contributed by atoms with van der Waals surface area (Å²) < 4.78 is 14.6. The van der Waals surface area contributed by atoms with Crippen LogP contribution in [0.15, 0.2) is 39.4 Å². The summed E-state index contributed by atoms with van der Waals surface area (Å²) in [4.78, 5) is 4.20. The van der Waals surface area contributed by atoms with E-state index in [9.17, 15) is 9.50 Å². The Kier molecular flexibility index (Phi) is 4.71. The molecule has 0 aliphatic rings. The molecule has 2 aromatic rings. The van der Waals surface area contributed by atoms with Gasteiger partial charge in [-0.3, -0.25) is 4.98 Å². The lowest BCUT2D eigenvalue weighted by Gasteiger charge is -2.13. The largest absolute Gasteiger partial charge is 0.386 e. The van der Waals surface area contributed by atoms with Gasteiger partial charge in [0, 0.05) is 21.6 Å². The minimum Gasteiger partial charge on any atom is -0.386 e. The fourth-order valence-electron chi connectivity index (χ4n) is 1.86.